The zero-order valence-corrected chi connectivity index (χ0v) is 17.4. The summed E-state index contributed by atoms with van der Waals surface area (Å²) < 4.78 is 16.5. The van der Waals surface area contributed by atoms with Crippen LogP contribution in [0.4, 0.5) is 26.6 Å². The van der Waals surface area contributed by atoms with Gasteiger partial charge in [-0.05, 0) is 25.0 Å². The first-order chi connectivity index (χ1) is 15.5. The first-order valence-corrected chi connectivity index (χ1v) is 10.1. The number of rotatable bonds is 5. The summed E-state index contributed by atoms with van der Waals surface area (Å²) in [6.07, 6.45) is 3.05. The van der Waals surface area contributed by atoms with Gasteiger partial charge in [0, 0.05) is 25.3 Å². The molecule has 4 aromatic rings. The van der Waals surface area contributed by atoms with E-state index >= 15 is 0 Å². The Morgan fingerprint density at radius 2 is 2.06 bits per heavy atom. The number of hydrogen-bond acceptors (Lipinski definition) is 8. The Kier molecular flexibility index (Phi) is 4.88. The van der Waals surface area contributed by atoms with Crippen molar-refractivity contribution in [2.45, 2.75) is 25.1 Å². The maximum Gasteiger partial charge on any atom is 0.328 e. The van der Waals surface area contributed by atoms with Crippen LogP contribution in [-0.2, 0) is 7.05 Å². The Morgan fingerprint density at radius 1 is 1.19 bits per heavy atom. The van der Waals surface area contributed by atoms with Crippen LogP contribution < -0.4 is 16.0 Å². The van der Waals surface area contributed by atoms with E-state index in [4.69, 9.17) is 0 Å². The lowest BCUT2D eigenvalue weighted by molar-refractivity contribution is 0.145. The van der Waals surface area contributed by atoms with Crippen molar-refractivity contribution in [3.05, 3.63) is 36.9 Å². The van der Waals surface area contributed by atoms with E-state index in [0.717, 1.165) is 11.3 Å². The molecule has 3 aromatic heterocycles. The molecule has 0 radical (unpaired) electrons. The maximum absolute atomic E-state index is 13.6. The number of fused-ring (bicyclic) bond motifs is 1. The van der Waals surface area contributed by atoms with Crippen LogP contribution in [0.25, 0.3) is 22.6 Å². The predicted molar refractivity (Wildman–Crippen MR) is 116 cm³/mol. The zero-order chi connectivity index (χ0) is 22.2. The molecule has 3 N–H and O–H groups in total. The van der Waals surface area contributed by atoms with Crippen molar-refractivity contribution in [2.24, 2.45) is 7.05 Å². The van der Waals surface area contributed by atoms with E-state index in [2.05, 4.69) is 41.0 Å². The number of amides is 1. The van der Waals surface area contributed by atoms with Crippen LogP contribution in [0.3, 0.4) is 0 Å². The molecule has 2 atom stereocenters. The molecule has 1 fully saturated rings. The second-order valence-corrected chi connectivity index (χ2v) is 7.53. The van der Waals surface area contributed by atoms with E-state index in [1.54, 1.807) is 25.1 Å². The van der Waals surface area contributed by atoms with Crippen molar-refractivity contribution in [3.8, 4) is 11.4 Å². The predicted octanol–water partition coefficient (Wildman–Crippen LogP) is 2.47. The molecule has 32 heavy (non-hydrogen) atoms. The molecular formula is C20H21FN10O. The van der Waals surface area contributed by atoms with Gasteiger partial charge in [0.2, 0.25) is 5.95 Å². The van der Waals surface area contributed by atoms with Crippen molar-refractivity contribution in [1.29, 1.82) is 0 Å². The van der Waals surface area contributed by atoms with E-state index in [9.17, 15) is 9.18 Å². The quantitative estimate of drug-likeness (QED) is 0.435. The number of nitrogens with one attached hydrogen (secondary N) is 3. The van der Waals surface area contributed by atoms with Gasteiger partial charge in [-0.15, -0.1) is 0 Å². The summed E-state index contributed by atoms with van der Waals surface area (Å²) in [5, 5.41) is 13.1. The largest absolute Gasteiger partial charge is 0.371 e. The summed E-state index contributed by atoms with van der Waals surface area (Å²) in [4.78, 5) is 30.1. The van der Waals surface area contributed by atoms with Crippen molar-refractivity contribution in [2.75, 3.05) is 17.7 Å². The summed E-state index contributed by atoms with van der Waals surface area (Å²) in [5.74, 6) is 1.33. The minimum atomic E-state index is -1.02. The van der Waals surface area contributed by atoms with Gasteiger partial charge in [0.25, 0.3) is 0 Å². The number of aryl methyl sites for hydroxylation is 1. The fraction of sp³-hybridized carbons (Fsp3) is 0.300. The van der Waals surface area contributed by atoms with Gasteiger partial charge >= 0.3 is 6.03 Å². The number of benzene rings is 1. The first-order valence-electron chi connectivity index (χ1n) is 10.1. The summed E-state index contributed by atoms with van der Waals surface area (Å²) in [6.45, 7) is 0. The van der Waals surface area contributed by atoms with E-state index in [1.165, 1.54) is 10.9 Å². The number of nitrogens with zero attached hydrogens (tertiary/aromatic N) is 7. The molecule has 0 spiro atoms. The third-order valence-electron chi connectivity index (χ3n) is 5.33. The van der Waals surface area contributed by atoms with Crippen molar-refractivity contribution in [3.63, 3.8) is 0 Å². The molecule has 5 rings (SSSR count). The lowest BCUT2D eigenvalue weighted by atomic mass is 9.91. The van der Waals surface area contributed by atoms with Gasteiger partial charge in [-0.3, -0.25) is 4.68 Å². The maximum atomic E-state index is 13.6. The van der Waals surface area contributed by atoms with Crippen LogP contribution >= 0.6 is 0 Å². The number of aromatic nitrogens is 7. The number of carbonyl (C=O) groups is 1. The summed E-state index contributed by atoms with van der Waals surface area (Å²) >= 11 is 0. The topological polar surface area (TPSA) is 127 Å². The van der Waals surface area contributed by atoms with Gasteiger partial charge in [-0.2, -0.15) is 15.1 Å². The number of alkyl halides is 1. The molecular weight excluding hydrogens is 415 g/mol. The lowest BCUT2D eigenvalue weighted by Crippen LogP contribution is -2.49. The number of imidazole rings is 1. The highest BCUT2D eigenvalue weighted by Gasteiger charge is 2.32. The fourth-order valence-corrected chi connectivity index (χ4v) is 3.47. The van der Waals surface area contributed by atoms with Crippen molar-refractivity contribution >= 4 is 34.6 Å². The average molecular weight is 436 g/mol. The molecule has 1 aliphatic rings. The second kappa shape index (κ2) is 7.87. The van der Waals surface area contributed by atoms with E-state index in [0.29, 0.717) is 35.6 Å². The van der Waals surface area contributed by atoms with Crippen LogP contribution in [0.15, 0.2) is 36.9 Å². The Labute approximate surface area is 182 Å². The molecule has 0 unspecified atom stereocenters. The fourth-order valence-electron chi connectivity index (χ4n) is 3.47. The van der Waals surface area contributed by atoms with Crippen LogP contribution in [0, 0.1) is 0 Å². The molecule has 1 aliphatic carbocycles. The van der Waals surface area contributed by atoms with Gasteiger partial charge in [-0.1, -0.05) is 12.1 Å². The van der Waals surface area contributed by atoms with Gasteiger partial charge in [0.05, 0.1) is 6.04 Å². The van der Waals surface area contributed by atoms with Crippen LogP contribution in [0.1, 0.15) is 12.8 Å². The Hall–Kier alpha value is -4.09. The van der Waals surface area contributed by atoms with Gasteiger partial charge in [0.15, 0.2) is 22.8 Å². The minimum absolute atomic E-state index is 0.273. The van der Waals surface area contributed by atoms with Gasteiger partial charge in [0.1, 0.15) is 18.8 Å². The van der Waals surface area contributed by atoms with E-state index in [1.807, 2.05) is 24.3 Å². The molecule has 0 bridgehead atoms. The molecule has 11 nitrogen and oxygen atoms in total. The van der Waals surface area contributed by atoms with Crippen LogP contribution in [-0.4, -0.2) is 59.6 Å². The number of anilines is 3. The molecule has 1 saturated carbocycles. The summed E-state index contributed by atoms with van der Waals surface area (Å²) in [7, 11) is 3.51. The number of halogens is 1. The van der Waals surface area contributed by atoms with Gasteiger partial charge in [-0.25, -0.2) is 23.7 Å². The summed E-state index contributed by atoms with van der Waals surface area (Å²) in [5.41, 5.74) is 2.30. The van der Waals surface area contributed by atoms with E-state index in [-0.39, 0.29) is 5.95 Å². The molecule has 0 aliphatic heterocycles. The molecule has 164 valence electrons. The first kappa shape index (κ1) is 19.8. The van der Waals surface area contributed by atoms with Gasteiger partial charge < -0.3 is 16.0 Å². The molecule has 12 heteroatoms. The third-order valence-corrected chi connectivity index (χ3v) is 5.33. The van der Waals surface area contributed by atoms with Crippen molar-refractivity contribution < 1.29 is 9.18 Å². The normalized spacial score (nSPS) is 17.7. The molecule has 1 aromatic carbocycles. The number of hydrogen-bond donors (Lipinski definition) is 3. The minimum Gasteiger partial charge on any atom is -0.371 e. The number of carbonyl (C=O) groups excluding carboxylic acids is 1. The smallest absolute Gasteiger partial charge is 0.328 e. The molecule has 1 amide bonds. The highest BCUT2D eigenvalue weighted by Crippen LogP contribution is 2.26. The Balaban J connectivity index is 1.46. The average Bonchev–Trinajstić information content (AvgIpc) is 3.42. The monoisotopic (exact) mass is 436 g/mol. The standard InChI is InChI=1S/C20H21FN10O/c1-22-17-15-18(31(10-23-15)20(32)26-14-7-6-13(14)21)28-19(27-17)25-12-5-3-4-11(8-12)16-24-9-30(2)29-16/h3-5,8-10,13-14H,6-7H2,1-2H3,(H,26,32)(H2,22,25,27,28)/t13-,14+/m0/s1. The van der Waals surface area contributed by atoms with E-state index < -0.39 is 18.2 Å². The Bertz CT molecular complexity index is 1300. The van der Waals surface area contributed by atoms with Crippen LogP contribution in [0.2, 0.25) is 0 Å². The second-order valence-electron chi connectivity index (χ2n) is 7.53. The molecule has 3 heterocycles. The lowest BCUT2D eigenvalue weighted by Gasteiger charge is -2.30. The molecule has 0 saturated heterocycles. The van der Waals surface area contributed by atoms with Crippen molar-refractivity contribution in [1.82, 2.24) is 39.6 Å². The Morgan fingerprint density at radius 3 is 2.75 bits per heavy atom. The summed E-state index contributed by atoms with van der Waals surface area (Å²) in [6, 6.07) is 6.56. The highest BCUT2D eigenvalue weighted by molar-refractivity contribution is 5.92. The SMILES string of the molecule is CNc1nc(Nc2cccc(-c3ncn(C)n3)c2)nc2c1ncn2C(=O)N[C@@H]1CC[C@@H]1F. The highest BCUT2D eigenvalue weighted by atomic mass is 19.1. The third kappa shape index (κ3) is 3.59. The van der Waals surface area contributed by atoms with Crippen LogP contribution in [0.5, 0.6) is 0 Å². The zero-order valence-electron chi connectivity index (χ0n) is 17.4.